The van der Waals surface area contributed by atoms with Crippen molar-refractivity contribution in [1.29, 1.82) is 0 Å². The summed E-state index contributed by atoms with van der Waals surface area (Å²) in [4.78, 5) is 10.6. The van der Waals surface area contributed by atoms with Crippen molar-refractivity contribution in [2.75, 3.05) is 0 Å². The molecule has 0 radical (unpaired) electrons. The van der Waals surface area contributed by atoms with Crippen LogP contribution >= 0.6 is 0 Å². The zero-order valence-corrected chi connectivity index (χ0v) is 7.03. The molecule has 0 fully saturated rings. The number of hydrogen-bond acceptors (Lipinski definition) is 2. The number of aromatic carboxylic acids is 1. The van der Waals surface area contributed by atoms with Crippen LogP contribution in [0.4, 0.5) is 0 Å². The minimum absolute atomic E-state index is 0.0700. The van der Waals surface area contributed by atoms with Gasteiger partial charge in [-0.15, -0.1) is 6.58 Å². The van der Waals surface area contributed by atoms with Crippen LogP contribution in [-0.4, -0.2) is 16.2 Å². The average Bonchev–Trinajstić information content (AvgIpc) is 2.08. The van der Waals surface area contributed by atoms with E-state index in [1.807, 2.05) is 0 Å². The molecule has 13 heavy (non-hydrogen) atoms. The summed E-state index contributed by atoms with van der Waals surface area (Å²) >= 11 is 0. The fourth-order valence-corrected chi connectivity index (χ4v) is 1.08. The molecule has 0 atom stereocenters. The maximum Gasteiger partial charge on any atom is 0.339 e. The normalized spacial score (nSPS) is 9.54. The van der Waals surface area contributed by atoms with Crippen LogP contribution in [-0.2, 0) is 6.42 Å². The van der Waals surface area contributed by atoms with Crippen molar-refractivity contribution in [2.45, 2.75) is 6.42 Å². The smallest absolute Gasteiger partial charge is 0.339 e. The topological polar surface area (TPSA) is 57.5 Å². The molecular weight excluding hydrogens is 168 g/mol. The molecule has 0 spiro atoms. The lowest BCUT2D eigenvalue weighted by Gasteiger charge is -2.03. The lowest BCUT2D eigenvalue weighted by Crippen LogP contribution is -1.98. The van der Waals surface area contributed by atoms with Crippen molar-refractivity contribution in [3.8, 4) is 5.75 Å². The van der Waals surface area contributed by atoms with Crippen molar-refractivity contribution in [3.05, 3.63) is 42.0 Å². The first-order valence-corrected chi connectivity index (χ1v) is 3.82. The van der Waals surface area contributed by atoms with Crippen LogP contribution < -0.4 is 0 Å². The van der Waals surface area contributed by atoms with Crippen molar-refractivity contribution in [3.63, 3.8) is 0 Å². The molecule has 3 nitrogen and oxygen atoms in total. The Morgan fingerprint density at radius 3 is 2.77 bits per heavy atom. The number of benzene rings is 1. The molecule has 0 saturated heterocycles. The first-order chi connectivity index (χ1) is 6.16. The van der Waals surface area contributed by atoms with E-state index in [0.29, 0.717) is 12.0 Å². The fraction of sp³-hybridized carbons (Fsp3) is 0.100. The molecule has 1 aromatic carbocycles. The molecule has 0 amide bonds. The standard InChI is InChI=1S/C10H10O3/c1-2-4-7-5-3-6-8(9(7)11)10(12)13/h2-3,5-6,11H,1,4H2,(H,12,13). The van der Waals surface area contributed by atoms with Crippen molar-refractivity contribution in [1.82, 2.24) is 0 Å². The summed E-state index contributed by atoms with van der Waals surface area (Å²) in [7, 11) is 0. The fourth-order valence-electron chi connectivity index (χ4n) is 1.08. The summed E-state index contributed by atoms with van der Waals surface area (Å²) in [6.45, 7) is 3.51. The number of hydrogen-bond donors (Lipinski definition) is 2. The minimum atomic E-state index is -1.12. The molecule has 0 unspecified atom stereocenters. The van der Waals surface area contributed by atoms with Gasteiger partial charge in [-0.05, 0) is 18.1 Å². The predicted octanol–water partition coefficient (Wildman–Crippen LogP) is 1.82. The Balaban J connectivity index is 3.17. The van der Waals surface area contributed by atoms with E-state index in [4.69, 9.17) is 5.11 Å². The molecule has 0 bridgehead atoms. The third-order valence-electron chi connectivity index (χ3n) is 1.71. The molecule has 2 N–H and O–H groups in total. The van der Waals surface area contributed by atoms with Gasteiger partial charge in [0.2, 0.25) is 0 Å². The van der Waals surface area contributed by atoms with Gasteiger partial charge in [-0.25, -0.2) is 4.79 Å². The van der Waals surface area contributed by atoms with Gasteiger partial charge in [-0.3, -0.25) is 0 Å². The van der Waals surface area contributed by atoms with Gasteiger partial charge in [0.15, 0.2) is 0 Å². The molecular formula is C10H10O3. The Labute approximate surface area is 76.0 Å². The van der Waals surface area contributed by atoms with Gasteiger partial charge in [0.1, 0.15) is 11.3 Å². The van der Waals surface area contributed by atoms with Crippen LogP contribution in [0.3, 0.4) is 0 Å². The molecule has 0 aliphatic carbocycles. The third-order valence-corrected chi connectivity index (χ3v) is 1.71. The Morgan fingerprint density at radius 1 is 1.54 bits per heavy atom. The summed E-state index contributed by atoms with van der Waals surface area (Å²) in [5.74, 6) is -1.29. The summed E-state index contributed by atoms with van der Waals surface area (Å²) < 4.78 is 0. The summed E-state index contributed by atoms with van der Waals surface area (Å²) in [6.07, 6.45) is 2.08. The number of phenols is 1. The van der Waals surface area contributed by atoms with Crippen LogP contribution in [0.15, 0.2) is 30.9 Å². The molecule has 0 aliphatic heterocycles. The van der Waals surface area contributed by atoms with Crippen LogP contribution in [0.2, 0.25) is 0 Å². The maximum absolute atomic E-state index is 10.6. The van der Waals surface area contributed by atoms with Gasteiger partial charge in [-0.2, -0.15) is 0 Å². The van der Waals surface area contributed by atoms with Gasteiger partial charge in [0.05, 0.1) is 0 Å². The second kappa shape index (κ2) is 3.76. The van der Waals surface area contributed by atoms with Gasteiger partial charge in [0.25, 0.3) is 0 Å². The molecule has 0 heterocycles. The van der Waals surface area contributed by atoms with E-state index in [-0.39, 0.29) is 11.3 Å². The maximum atomic E-state index is 10.6. The molecule has 68 valence electrons. The van der Waals surface area contributed by atoms with Crippen LogP contribution in [0.5, 0.6) is 5.75 Å². The second-order valence-corrected chi connectivity index (χ2v) is 2.61. The van der Waals surface area contributed by atoms with Crippen LogP contribution in [0, 0.1) is 0 Å². The van der Waals surface area contributed by atoms with E-state index < -0.39 is 5.97 Å². The van der Waals surface area contributed by atoms with Crippen molar-refractivity contribution < 1.29 is 15.0 Å². The highest BCUT2D eigenvalue weighted by molar-refractivity contribution is 5.91. The van der Waals surface area contributed by atoms with Crippen molar-refractivity contribution >= 4 is 5.97 Å². The Kier molecular flexibility index (Phi) is 2.69. The van der Waals surface area contributed by atoms with E-state index in [0.717, 1.165) is 0 Å². The van der Waals surface area contributed by atoms with E-state index in [2.05, 4.69) is 6.58 Å². The average molecular weight is 178 g/mol. The molecule has 3 heteroatoms. The third kappa shape index (κ3) is 1.87. The first kappa shape index (κ1) is 9.32. The highest BCUT2D eigenvalue weighted by Crippen LogP contribution is 2.22. The molecule has 1 aromatic rings. The molecule has 0 aromatic heterocycles. The number of carbonyl (C=O) groups is 1. The summed E-state index contributed by atoms with van der Waals surface area (Å²) in [5.41, 5.74) is 0.509. The number of carboxylic acids is 1. The molecule has 1 rings (SSSR count). The number of aromatic hydroxyl groups is 1. The Bertz CT molecular complexity index is 342. The van der Waals surface area contributed by atoms with E-state index >= 15 is 0 Å². The van der Waals surface area contributed by atoms with E-state index in [1.165, 1.54) is 6.07 Å². The monoisotopic (exact) mass is 178 g/mol. The predicted molar refractivity (Wildman–Crippen MR) is 49.0 cm³/mol. The number of carboxylic acid groups (broad SMARTS) is 1. The first-order valence-electron chi connectivity index (χ1n) is 3.82. The van der Waals surface area contributed by atoms with Gasteiger partial charge in [-0.1, -0.05) is 18.2 Å². The van der Waals surface area contributed by atoms with Crippen LogP contribution in [0.1, 0.15) is 15.9 Å². The largest absolute Gasteiger partial charge is 0.507 e. The number of para-hydroxylation sites is 1. The Morgan fingerprint density at radius 2 is 2.23 bits per heavy atom. The van der Waals surface area contributed by atoms with E-state index in [1.54, 1.807) is 18.2 Å². The van der Waals surface area contributed by atoms with E-state index in [9.17, 15) is 9.90 Å². The molecule has 0 aliphatic rings. The SMILES string of the molecule is C=CCc1cccc(C(=O)O)c1O. The van der Waals surface area contributed by atoms with Crippen molar-refractivity contribution in [2.24, 2.45) is 0 Å². The highest BCUT2D eigenvalue weighted by atomic mass is 16.4. The second-order valence-electron chi connectivity index (χ2n) is 2.61. The lowest BCUT2D eigenvalue weighted by molar-refractivity contribution is 0.0693. The zero-order chi connectivity index (χ0) is 9.84. The zero-order valence-electron chi connectivity index (χ0n) is 7.03. The van der Waals surface area contributed by atoms with Crippen LogP contribution in [0.25, 0.3) is 0 Å². The molecule has 0 saturated carbocycles. The summed E-state index contributed by atoms with van der Waals surface area (Å²) in [6, 6.07) is 4.63. The highest BCUT2D eigenvalue weighted by Gasteiger charge is 2.11. The lowest BCUT2D eigenvalue weighted by atomic mass is 10.1. The minimum Gasteiger partial charge on any atom is -0.507 e. The van der Waals surface area contributed by atoms with Gasteiger partial charge >= 0.3 is 5.97 Å². The van der Waals surface area contributed by atoms with Gasteiger partial charge in [0, 0.05) is 0 Å². The Hall–Kier alpha value is -1.77. The number of allylic oxidation sites excluding steroid dienone is 1. The van der Waals surface area contributed by atoms with Gasteiger partial charge < -0.3 is 10.2 Å². The number of rotatable bonds is 3. The summed E-state index contributed by atoms with van der Waals surface area (Å²) in [5, 5.41) is 18.1. The quantitative estimate of drug-likeness (QED) is 0.694.